The van der Waals surface area contributed by atoms with E-state index in [9.17, 15) is 13.2 Å². The summed E-state index contributed by atoms with van der Waals surface area (Å²) in [4.78, 5) is 16.0. The quantitative estimate of drug-likeness (QED) is 0.888. The Labute approximate surface area is 118 Å². The Bertz CT molecular complexity index is 581. The predicted molar refractivity (Wildman–Crippen MR) is 74.5 cm³/mol. The van der Waals surface area contributed by atoms with Crippen molar-refractivity contribution >= 4 is 15.7 Å². The van der Waals surface area contributed by atoms with E-state index in [1.807, 2.05) is 13.8 Å². The minimum Gasteiger partial charge on any atom is -0.475 e. The van der Waals surface area contributed by atoms with Crippen LogP contribution in [-0.2, 0) is 9.84 Å². The van der Waals surface area contributed by atoms with Gasteiger partial charge >= 0.3 is 0 Å². The van der Waals surface area contributed by atoms with E-state index in [1.165, 1.54) is 6.20 Å². The second-order valence-corrected chi connectivity index (χ2v) is 7.35. The van der Waals surface area contributed by atoms with E-state index in [2.05, 4.69) is 10.3 Å². The van der Waals surface area contributed by atoms with Gasteiger partial charge < -0.3 is 10.1 Å². The lowest BCUT2D eigenvalue weighted by Crippen LogP contribution is -2.35. The molecular formula is C13H18N2O4S. The normalized spacial score (nSPS) is 20.9. The summed E-state index contributed by atoms with van der Waals surface area (Å²) in [5.41, 5.74) is 0.394. The van der Waals surface area contributed by atoms with Crippen molar-refractivity contribution in [2.45, 2.75) is 32.4 Å². The van der Waals surface area contributed by atoms with Gasteiger partial charge in [0.25, 0.3) is 5.91 Å². The number of aromatic nitrogens is 1. The molecule has 0 radical (unpaired) electrons. The molecule has 7 heteroatoms. The molecule has 1 N–H and O–H groups in total. The first-order chi connectivity index (χ1) is 9.35. The molecule has 2 rings (SSSR count). The zero-order valence-electron chi connectivity index (χ0n) is 11.5. The lowest BCUT2D eigenvalue weighted by molar-refractivity contribution is 0.0940. The molecule has 0 aliphatic carbocycles. The Morgan fingerprint density at radius 1 is 1.45 bits per heavy atom. The summed E-state index contributed by atoms with van der Waals surface area (Å²) in [6.45, 7) is 3.78. The summed E-state index contributed by atoms with van der Waals surface area (Å²) in [6.07, 6.45) is 1.91. The number of carbonyl (C=O) groups is 1. The second-order valence-electron chi connectivity index (χ2n) is 5.13. The Balaban J connectivity index is 1.96. The number of hydrogen-bond acceptors (Lipinski definition) is 5. The standard InChI is InChI=1S/C13H18N2O4S/c1-9(2)19-12-4-3-10(7-14-12)13(16)15-11-5-6-20(17,18)8-11/h3-4,7,9,11H,5-6,8H2,1-2H3,(H,15,16)/t11-/m1/s1. The number of nitrogens with zero attached hydrogens (tertiary/aromatic N) is 1. The summed E-state index contributed by atoms with van der Waals surface area (Å²) in [6, 6.07) is 2.93. The Hall–Kier alpha value is -1.63. The molecule has 1 fully saturated rings. The predicted octanol–water partition coefficient (Wildman–Crippen LogP) is 0.786. The lowest BCUT2D eigenvalue weighted by atomic mass is 10.2. The van der Waals surface area contributed by atoms with Crippen LogP contribution in [0, 0.1) is 0 Å². The number of hydrogen-bond donors (Lipinski definition) is 1. The van der Waals surface area contributed by atoms with E-state index in [0.717, 1.165) is 0 Å². The van der Waals surface area contributed by atoms with E-state index in [-0.39, 0.29) is 29.6 Å². The molecule has 0 aromatic carbocycles. The summed E-state index contributed by atoms with van der Waals surface area (Å²) in [5.74, 6) is 0.300. The highest BCUT2D eigenvalue weighted by molar-refractivity contribution is 7.91. The number of carbonyl (C=O) groups excluding carboxylic acids is 1. The van der Waals surface area contributed by atoms with Gasteiger partial charge in [0.2, 0.25) is 5.88 Å². The number of sulfone groups is 1. The van der Waals surface area contributed by atoms with Crippen LogP contribution in [0.5, 0.6) is 5.88 Å². The van der Waals surface area contributed by atoms with Crippen LogP contribution in [0.4, 0.5) is 0 Å². The summed E-state index contributed by atoms with van der Waals surface area (Å²) in [7, 11) is -2.99. The maximum Gasteiger partial charge on any atom is 0.253 e. The van der Waals surface area contributed by atoms with Gasteiger partial charge in [-0.1, -0.05) is 0 Å². The van der Waals surface area contributed by atoms with Crippen LogP contribution in [-0.4, -0.2) is 43.0 Å². The minimum atomic E-state index is -2.99. The average Bonchev–Trinajstić information content (AvgIpc) is 2.68. The molecule has 110 valence electrons. The van der Waals surface area contributed by atoms with Crippen LogP contribution in [0.25, 0.3) is 0 Å². The molecule has 20 heavy (non-hydrogen) atoms. The lowest BCUT2D eigenvalue weighted by Gasteiger charge is -2.11. The van der Waals surface area contributed by atoms with Crippen molar-refractivity contribution in [2.75, 3.05) is 11.5 Å². The first-order valence-electron chi connectivity index (χ1n) is 6.50. The van der Waals surface area contributed by atoms with E-state index < -0.39 is 9.84 Å². The summed E-state index contributed by atoms with van der Waals surface area (Å²) < 4.78 is 28.0. The fourth-order valence-corrected chi connectivity index (χ4v) is 3.68. The topological polar surface area (TPSA) is 85.4 Å². The Morgan fingerprint density at radius 3 is 2.70 bits per heavy atom. The highest BCUT2D eigenvalue weighted by Crippen LogP contribution is 2.13. The minimum absolute atomic E-state index is 0.0146. The van der Waals surface area contributed by atoms with Gasteiger partial charge in [-0.15, -0.1) is 0 Å². The van der Waals surface area contributed by atoms with Crippen LogP contribution < -0.4 is 10.1 Å². The molecule has 1 atom stereocenters. The van der Waals surface area contributed by atoms with Crippen molar-refractivity contribution in [3.8, 4) is 5.88 Å². The van der Waals surface area contributed by atoms with Crippen molar-refractivity contribution < 1.29 is 17.9 Å². The van der Waals surface area contributed by atoms with Crippen molar-refractivity contribution in [1.82, 2.24) is 10.3 Å². The monoisotopic (exact) mass is 298 g/mol. The largest absolute Gasteiger partial charge is 0.475 e. The van der Waals surface area contributed by atoms with Gasteiger partial charge in [-0.05, 0) is 26.3 Å². The molecular weight excluding hydrogens is 280 g/mol. The number of rotatable bonds is 4. The maximum absolute atomic E-state index is 12.0. The van der Waals surface area contributed by atoms with Gasteiger partial charge in [-0.2, -0.15) is 0 Å². The fraction of sp³-hybridized carbons (Fsp3) is 0.538. The Kier molecular flexibility index (Phi) is 4.27. The summed E-state index contributed by atoms with van der Waals surface area (Å²) in [5, 5.41) is 2.71. The molecule has 0 saturated carbocycles. The van der Waals surface area contributed by atoms with Gasteiger partial charge in [-0.25, -0.2) is 13.4 Å². The third-order valence-electron chi connectivity index (χ3n) is 2.92. The van der Waals surface area contributed by atoms with Crippen LogP contribution >= 0.6 is 0 Å². The maximum atomic E-state index is 12.0. The van der Waals surface area contributed by atoms with E-state index in [1.54, 1.807) is 12.1 Å². The van der Waals surface area contributed by atoms with Gasteiger partial charge in [0.1, 0.15) is 0 Å². The number of nitrogens with one attached hydrogen (secondary N) is 1. The first-order valence-corrected chi connectivity index (χ1v) is 8.32. The van der Waals surface area contributed by atoms with Crippen molar-refractivity contribution in [1.29, 1.82) is 0 Å². The average molecular weight is 298 g/mol. The van der Waals surface area contributed by atoms with Crippen molar-refractivity contribution in [3.05, 3.63) is 23.9 Å². The number of pyridine rings is 1. The molecule has 2 heterocycles. The van der Waals surface area contributed by atoms with Crippen LogP contribution in [0.3, 0.4) is 0 Å². The highest BCUT2D eigenvalue weighted by Gasteiger charge is 2.29. The van der Waals surface area contributed by atoms with Crippen molar-refractivity contribution in [2.24, 2.45) is 0 Å². The number of amides is 1. The summed E-state index contributed by atoms with van der Waals surface area (Å²) >= 11 is 0. The molecule has 1 aliphatic rings. The molecule has 1 aliphatic heterocycles. The second kappa shape index (κ2) is 5.78. The van der Waals surface area contributed by atoms with Crippen molar-refractivity contribution in [3.63, 3.8) is 0 Å². The van der Waals surface area contributed by atoms with E-state index in [4.69, 9.17) is 4.74 Å². The van der Waals surface area contributed by atoms with E-state index in [0.29, 0.717) is 17.9 Å². The third kappa shape index (κ3) is 3.93. The number of ether oxygens (including phenoxy) is 1. The fourth-order valence-electron chi connectivity index (χ4n) is 2.00. The smallest absolute Gasteiger partial charge is 0.253 e. The first kappa shape index (κ1) is 14.8. The third-order valence-corrected chi connectivity index (χ3v) is 4.69. The van der Waals surface area contributed by atoms with Gasteiger partial charge in [0, 0.05) is 18.3 Å². The molecule has 1 aromatic heterocycles. The van der Waals surface area contributed by atoms with Gasteiger partial charge in [0.05, 0.1) is 23.2 Å². The molecule has 1 amide bonds. The van der Waals surface area contributed by atoms with Crippen LogP contribution in [0.15, 0.2) is 18.3 Å². The van der Waals surface area contributed by atoms with Crippen LogP contribution in [0.1, 0.15) is 30.6 Å². The zero-order valence-corrected chi connectivity index (χ0v) is 12.3. The highest BCUT2D eigenvalue weighted by atomic mass is 32.2. The SMILES string of the molecule is CC(C)Oc1ccc(C(=O)N[C@@H]2CCS(=O)(=O)C2)cn1. The van der Waals surface area contributed by atoms with Gasteiger partial charge in [0.15, 0.2) is 9.84 Å². The van der Waals surface area contributed by atoms with Crippen LogP contribution in [0.2, 0.25) is 0 Å². The Morgan fingerprint density at radius 2 is 2.20 bits per heavy atom. The zero-order chi connectivity index (χ0) is 14.8. The molecule has 1 saturated heterocycles. The molecule has 6 nitrogen and oxygen atoms in total. The molecule has 0 bridgehead atoms. The van der Waals surface area contributed by atoms with E-state index >= 15 is 0 Å². The molecule has 0 spiro atoms. The molecule has 0 unspecified atom stereocenters. The van der Waals surface area contributed by atoms with Gasteiger partial charge in [-0.3, -0.25) is 4.79 Å². The molecule has 1 aromatic rings.